The van der Waals surface area contributed by atoms with Crippen molar-refractivity contribution in [2.75, 3.05) is 0 Å². The van der Waals surface area contributed by atoms with Crippen molar-refractivity contribution in [1.82, 2.24) is 4.57 Å². The molecule has 0 atom stereocenters. The number of para-hydroxylation sites is 1. The Labute approximate surface area is 202 Å². The normalized spacial score (nSPS) is 11.2. The smallest absolute Gasteiger partial charge is 0.249 e. The van der Waals surface area contributed by atoms with Crippen molar-refractivity contribution in [2.45, 2.75) is 6.54 Å². The Morgan fingerprint density at radius 3 is 2.43 bits per heavy atom. The van der Waals surface area contributed by atoms with E-state index in [0.29, 0.717) is 12.1 Å². The van der Waals surface area contributed by atoms with Crippen LogP contribution in [0.1, 0.15) is 15.9 Å². The fraction of sp³-hybridized carbons (Fsp3) is 0.0333. The zero-order chi connectivity index (χ0) is 23.8. The average molecular weight is 459 g/mol. The second kappa shape index (κ2) is 8.54. The highest BCUT2D eigenvalue weighted by Gasteiger charge is 2.18. The van der Waals surface area contributed by atoms with Gasteiger partial charge in [-0.1, -0.05) is 48.5 Å². The van der Waals surface area contributed by atoms with Crippen molar-refractivity contribution in [2.24, 2.45) is 5.73 Å². The number of primary amides is 1. The number of hydrogen-bond donors (Lipinski definition) is 1. The molecule has 0 saturated heterocycles. The summed E-state index contributed by atoms with van der Waals surface area (Å²) >= 11 is 0. The van der Waals surface area contributed by atoms with Crippen LogP contribution in [0.15, 0.2) is 114 Å². The van der Waals surface area contributed by atoms with Crippen LogP contribution in [0.5, 0.6) is 11.5 Å². The Hall–Kier alpha value is -4.77. The number of carbonyl (C=O) groups is 1. The number of nitrogens with zero attached hydrogens (tertiary/aromatic N) is 1. The summed E-state index contributed by atoms with van der Waals surface area (Å²) in [5.74, 6) is 1.90. The molecule has 0 unspecified atom stereocenters. The van der Waals surface area contributed by atoms with E-state index in [4.69, 9.17) is 14.9 Å². The van der Waals surface area contributed by atoms with Crippen LogP contribution in [0.3, 0.4) is 0 Å². The summed E-state index contributed by atoms with van der Waals surface area (Å²) in [5, 5.41) is 1.83. The van der Waals surface area contributed by atoms with E-state index in [2.05, 4.69) is 16.7 Å². The van der Waals surface area contributed by atoms with Gasteiger partial charge in [-0.05, 0) is 60.2 Å². The van der Waals surface area contributed by atoms with E-state index < -0.39 is 5.91 Å². The van der Waals surface area contributed by atoms with Gasteiger partial charge in [0.2, 0.25) is 5.91 Å². The molecule has 6 rings (SSSR count). The van der Waals surface area contributed by atoms with Gasteiger partial charge < -0.3 is 19.5 Å². The van der Waals surface area contributed by atoms with Crippen LogP contribution in [0.25, 0.3) is 33.1 Å². The third-order valence-electron chi connectivity index (χ3n) is 6.18. The molecule has 0 bridgehead atoms. The van der Waals surface area contributed by atoms with Gasteiger partial charge in [-0.3, -0.25) is 4.79 Å². The number of nitrogens with two attached hydrogens (primary N) is 1. The largest absolute Gasteiger partial charge is 0.464 e. The first-order valence-corrected chi connectivity index (χ1v) is 11.4. The molecule has 2 aromatic heterocycles. The van der Waals surface area contributed by atoms with Gasteiger partial charge >= 0.3 is 0 Å². The molecule has 2 heterocycles. The highest BCUT2D eigenvalue weighted by atomic mass is 16.5. The molecule has 1 amide bonds. The van der Waals surface area contributed by atoms with Crippen LogP contribution in [0.4, 0.5) is 0 Å². The monoisotopic (exact) mass is 458 g/mol. The zero-order valence-corrected chi connectivity index (χ0v) is 18.8. The fourth-order valence-corrected chi connectivity index (χ4v) is 4.63. The minimum atomic E-state index is -0.442. The third-order valence-corrected chi connectivity index (χ3v) is 6.18. The summed E-state index contributed by atoms with van der Waals surface area (Å²) < 4.78 is 13.9. The van der Waals surface area contributed by atoms with E-state index in [1.165, 1.54) is 0 Å². The van der Waals surface area contributed by atoms with Crippen molar-refractivity contribution in [3.63, 3.8) is 0 Å². The van der Waals surface area contributed by atoms with Gasteiger partial charge in [-0.2, -0.15) is 0 Å². The molecule has 0 spiro atoms. The van der Waals surface area contributed by atoms with Gasteiger partial charge in [-0.15, -0.1) is 0 Å². The molecule has 0 aliphatic carbocycles. The lowest BCUT2D eigenvalue weighted by Gasteiger charge is -2.11. The number of rotatable bonds is 6. The van der Waals surface area contributed by atoms with Gasteiger partial charge in [0, 0.05) is 28.4 Å². The van der Waals surface area contributed by atoms with E-state index in [0.717, 1.165) is 50.2 Å². The molecule has 5 heteroatoms. The minimum Gasteiger partial charge on any atom is -0.464 e. The van der Waals surface area contributed by atoms with E-state index in [1.807, 2.05) is 84.9 Å². The maximum Gasteiger partial charge on any atom is 0.249 e. The Bertz CT molecular complexity index is 1670. The van der Waals surface area contributed by atoms with Gasteiger partial charge in [-0.25, -0.2) is 0 Å². The van der Waals surface area contributed by atoms with Crippen LogP contribution in [0, 0.1) is 0 Å². The van der Waals surface area contributed by atoms with Gasteiger partial charge in [0.15, 0.2) is 0 Å². The maximum absolute atomic E-state index is 12.3. The Kier molecular flexibility index (Phi) is 5.08. The Morgan fingerprint density at radius 2 is 1.63 bits per heavy atom. The van der Waals surface area contributed by atoms with Crippen molar-refractivity contribution in [3.8, 4) is 22.8 Å². The fourth-order valence-electron chi connectivity index (χ4n) is 4.63. The predicted octanol–water partition coefficient (Wildman–Crippen LogP) is 6.99. The minimum absolute atomic E-state index is 0.442. The van der Waals surface area contributed by atoms with Crippen LogP contribution >= 0.6 is 0 Å². The van der Waals surface area contributed by atoms with Crippen molar-refractivity contribution >= 4 is 27.7 Å². The van der Waals surface area contributed by atoms with Crippen molar-refractivity contribution in [3.05, 3.63) is 121 Å². The summed E-state index contributed by atoms with van der Waals surface area (Å²) in [6, 6.07) is 33.4. The first-order chi connectivity index (χ1) is 17.2. The number of benzene rings is 4. The van der Waals surface area contributed by atoms with Crippen LogP contribution in [-0.2, 0) is 6.54 Å². The number of amides is 1. The summed E-state index contributed by atoms with van der Waals surface area (Å²) in [6.45, 7) is 0.593. The molecular weight excluding hydrogens is 436 g/mol. The number of fused-ring (bicyclic) bond motifs is 3. The van der Waals surface area contributed by atoms with Gasteiger partial charge in [0.25, 0.3) is 0 Å². The van der Waals surface area contributed by atoms with Crippen molar-refractivity contribution < 1.29 is 13.9 Å². The standard InChI is InChI=1S/C30H22N2O3/c31-30(33)25-11-5-12-26-29(25)24-15-14-21(28-13-6-16-34-28)18-27(24)32(26)19-20-7-4-10-23(17-20)35-22-8-2-1-3-9-22/h1-18H,19H2,(H2,31,33). The quantitative estimate of drug-likeness (QED) is 0.292. The molecule has 0 saturated carbocycles. The van der Waals surface area contributed by atoms with Gasteiger partial charge in [0.05, 0.1) is 17.3 Å². The molecule has 4 aromatic carbocycles. The number of furan rings is 1. The Morgan fingerprint density at radius 1 is 0.800 bits per heavy atom. The second-order valence-electron chi connectivity index (χ2n) is 8.42. The lowest BCUT2D eigenvalue weighted by molar-refractivity contribution is 0.100. The maximum atomic E-state index is 12.3. The highest BCUT2D eigenvalue weighted by Crippen LogP contribution is 2.35. The molecule has 0 aliphatic heterocycles. The molecule has 0 radical (unpaired) electrons. The number of hydrogen-bond acceptors (Lipinski definition) is 3. The molecular formula is C30H22N2O3. The second-order valence-corrected chi connectivity index (χ2v) is 8.42. The Balaban J connectivity index is 1.50. The number of aromatic nitrogens is 1. The van der Waals surface area contributed by atoms with Crippen LogP contribution in [0.2, 0.25) is 0 Å². The molecule has 0 fully saturated rings. The SMILES string of the molecule is NC(=O)c1cccc2c1c1ccc(-c3ccco3)cc1n2Cc1cccc(Oc2ccccc2)c1. The van der Waals surface area contributed by atoms with E-state index >= 15 is 0 Å². The zero-order valence-electron chi connectivity index (χ0n) is 18.8. The van der Waals surface area contributed by atoms with E-state index in [1.54, 1.807) is 12.3 Å². The average Bonchev–Trinajstić information content (AvgIpc) is 3.52. The summed E-state index contributed by atoms with van der Waals surface area (Å²) in [5.41, 5.74) is 10.2. The van der Waals surface area contributed by atoms with Gasteiger partial charge in [0.1, 0.15) is 17.3 Å². The third kappa shape index (κ3) is 3.83. The molecule has 0 aliphatic rings. The molecule has 170 valence electrons. The molecule has 5 nitrogen and oxygen atoms in total. The summed E-state index contributed by atoms with van der Waals surface area (Å²) in [7, 11) is 0. The van der Waals surface area contributed by atoms with Crippen LogP contribution in [-0.4, -0.2) is 10.5 Å². The lowest BCUT2D eigenvalue weighted by Crippen LogP contribution is -2.11. The first-order valence-electron chi connectivity index (χ1n) is 11.4. The first kappa shape index (κ1) is 20.8. The molecule has 6 aromatic rings. The van der Waals surface area contributed by atoms with E-state index in [-0.39, 0.29) is 0 Å². The van der Waals surface area contributed by atoms with E-state index in [9.17, 15) is 4.79 Å². The molecule has 35 heavy (non-hydrogen) atoms. The predicted molar refractivity (Wildman–Crippen MR) is 138 cm³/mol. The lowest BCUT2D eigenvalue weighted by atomic mass is 10.0. The number of carbonyl (C=O) groups excluding carboxylic acids is 1. The van der Waals surface area contributed by atoms with Crippen molar-refractivity contribution in [1.29, 1.82) is 0 Å². The van der Waals surface area contributed by atoms with Crippen LogP contribution < -0.4 is 10.5 Å². The summed E-state index contributed by atoms with van der Waals surface area (Å²) in [6.07, 6.45) is 1.67. The number of ether oxygens (including phenoxy) is 1. The molecule has 2 N–H and O–H groups in total. The topological polar surface area (TPSA) is 70.4 Å². The summed E-state index contributed by atoms with van der Waals surface area (Å²) in [4.78, 5) is 12.3. The highest BCUT2D eigenvalue weighted by molar-refractivity contribution is 6.18.